The maximum atomic E-state index is 14.3. The molecule has 2 heterocycles. The number of amides is 1. The number of carbonyl (C=O) groups excluding carboxylic acids is 1. The molecule has 0 atom stereocenters. The van der Waals surface area contributed by atoms with Crippen LogP contribution in [0.1, 0.15) is 28.8 Å². The number of hydrogen-bond acceptors (Lipinski definition) is 6. The van der Waals surface area contributed by atoms with E-state index < -0.39 is 11.6 Å². The van der Waals surface area contributed by atoms with Gasteiger partial charge in [-0.05, 0) is 55.9 Å². The van der Waals surface area contributed by atoms with Crippen molar-refractivity contribution in [3.63, 3.8) is 0 Å². The largest absolute Gasteiger partial charge is 0.434 e. The molecule has 1 aliphatic carbocycles. The maximum absolute atomic E-state index is 14.3. The Labute approximate surface area is 211 Å². The summed E-state index contributed by atoms with van der Waals surface area (Å²) in [4.78, 5) is 17.1. The minimum absolute atomic E-state index is 0.0779. The summed E-state index contributed by atoms with van der Waals surface area (Å²) in [6.07, 6.45) is 5.74. The van der Waals surface area contributed by atoms with Gasteiger partial charge in [0.05, 0.1) is 17.6 Å². The summed E-state index contributed by atoms with van der Waals surface area (Å²) in [6, 6.07) is 11.2. The molecule has 4 aromatic rings. The minimum atomic E-state index is -1.09. The second kappa shape index (κ2) is 10.1. The number of ether oxygens (including phenoxy) is 1. The first-order valence-corrected chi connectivity index (χ1v) is 13.0. The molecule has 36 heavy (non-hydrogen) atoms. The molecule has 2 aromatic carbocycles. The number of aryl methyl sites for hydroxylation is 1. The van der Waals surface area contributed by atoms with Crippen molar-refractivity contribution in [1.82, 2.24) is 19.9 Å². The summed E-state index contributed by atoms with van der Waals surface area (Å²) in [5.74, 6) is -1.49. The van der Waals surface area contributed by atoms with E-state index in [9.17, 15) is 13.6 Å². The van der Waals surface area contributed by atoms with Crippen LogP contribution < -0.4 is 15.4 Å². The molecule has 0 radical (unpaired) electrons. The summed E-state index contributed by atoms with van der Waals surface area (Å²) in [6.45, 7) is 2.55. The molecular weight excluding hydrogens is 484 g/mol. The molecule has 2 N–H and O–H groups in total. The third kappa shape index (κ3) is 4.99. The summed E-state index contributed by atoms with van der Waals surface area (Å²) in [5.41, 5.74) is 4.13. The maximum Gasteiger partial charge on any atom is 0.251 e. The van der Waals surface area contributed by atoms with Crippen molar-refractivity contribution >= 4 is 29.0 Å². The zero-order valence-corrected chi connectivity index (χ0v) is 20.7. The van der Waals surface area contributed by atoms with Crippen LogP contribution in [-0.4, -0.2) is 45.1 Å². The van der Waals surface area contributed by atoms with Crippen molar-refractivity contribution < 1.29 is 18.3 Å². The fourth-order valence-electron chi connectivity index (χ4n) is 3.85. The van der Waals surface area contributed by atoms with Gasteiger partial charge in [0.25, 0.3) is 5.91 Å². The first kappa shape index (κ1) is 24.1. The number of nitrogens with one attached hydrogen (secondary N) is 2. The van der Waals surface area contributed by atoms with Crippen LogP contribution in [0.25, 0.3) is 16.9 Å². The quantitative estimate of drug-likeness (QED) is 0.293. The highest BCUT2D eigenvalue weighted by atomic mass is 32.2. The van der Waals surface area contributed by atoms with Gasteiger partial charge in [0.1, 0.15) is 0 Å². The van der Waals surface area contributed by atoms with Crippen LogP contribution in [0, 0.1) is 18.6 Å². The molecular formula is C26H25F2N5O2S. The normalized spacial score (nSPS) is 13.1. The van der Waals surface area contributed by atoms with Crippen LogP contribution in [0.2, 0.25) is 0 Å². The zero-order chi connectivity index (χ0) is 25.2. The van der Waals surface area contributed by atoms with Crippen LogP contribution in [0.15, 0.2) is 48.7 Å². The van der Waals surface area contributed by atoms with Gasteiger partial charge in [-0.2, -0.15) is 16.2 Å². The molecule has 0 spiro atoms. The van der Waals surface area contributed by atoms with Crippen LogP contribution >= 0.6 is 11.8 Å². The van der Waals surface area contributed by atoms with Crippen LogP contribution in [0.4, 0.5) is 14.5 Å². The van der Waals surface area contributed by atoms with Gasteiger partial charge in [-0.3, -0.25) is 4.79 Å². The second-order valence-electron chi connectivity index (χ2n) is 8.63. The lowest BCUT2D eigenvalue weighted by molar-refractivity contribution is 0.0950. The average Bonchev–Trinajstić information content (AvgIpc) is 3.57. The highest BCUT2D eigenvalue weighted by Gasteiger charge is 2.24. The summed E-state index contributed by atoms with van der Waals surface area (Å²) < 4.78 is 35.2. The fourth-order valence-corrected chi connectivity index (χ4v) is 4.16. The van der Waals surface area contributed by atoms with Crippen molar-refractivity contribution in [2.24, 2.45) is 0 Å². The third-order valence-corrected chi connectivity index (χ3v) is 6.49. The van der Waals surface area contributed by atoms with Gasteiger partial charge in [0.2, 0.25) is 11.7 Å². The van der Waals surface area contributed by atoms with Gasteiger partial charge in [-0.1, -0.05) is 12.1 Å². The van der Waals surface area contributed by atoms with Crippen LogP contribution in [0.5, 0.6) is 11.6 Å². The predicted octanol–water partition coefficient (Wildman–Crippen LogP) is 5.44. The molecule has 0 bridgehead atoms. The number of hydrogen-bond donors (Lipinski definition) is 2. The number of anilines is 1. The van der Waals surface area contributed by atoms with Crippen molar-refractivity contribution in [3.8, 4) is 22.9 Å². The first-order valence-electron chi connectivity index (χ1n) is 11.6. The number of fused-ring (bicyclic) bond motifs is 1. The van der Waals surface area contributed by atoms with E-state index in [1.54, 1.807) is 34.6 Å². The third-order valence-electron chi connectivity index (χ3n) is 5.88. The summed E-state index contributed by atoms with van der Waals surface area (Å²) in [5, 5.41) is 10.9. The van der Waals surface area contributed by atoms with Gasteiger partial charge >= 0.3 is 0 Å². The lowest BCUT2D eigenvalue weighted by Crippen LogP contribution is -2.26. The Bertz CT molecular complexity index is 1440. The Morgan fingerprint density at radius 3 is 2.81 bits per heavy atom. The monoisotopic (exact) mass is 509 g/mol. The van der Waals surface area contributed by atoms with Crippen molar-refractivity contribution in [1.29, 1.82) is 0 Å². The second-order valence-corrected chi connectivity index (χ2v) is 9.61. The highest BCUT2D eigenvalue weighted by Crippen LogP contribution is 2.31. The number of benzene rings is 2. The van der Waals surface area contributed by atoms with E-state index in [4.69, 9.17) is 4.74 Å². The van der Waals surface area contributed by atoms with E-state index in [0.717, 1.165) is 35.8 Å². The van der Waals surface area contributed by atoms with Gasteiger partial charge in [-0.25, -0.2) is 13.9 Å². The number of carbonyl (C=O) groups is 1. The Kier molecular flexibility index (Phi) is 6.77. The van der Waals surface area contributed by atoms with E-state index in [2.05, 4.69) is 20.7 Å². The molecule has 10 heteroatoms. The Balaban J connectivity index is 1.53. The van der Waals surface area contributed by atoms with Crippen molar-refractivity contribution in [3.05, 3.63) is 71.4 Å². The summed E-state index contributed by atoms with van der Waals surface area (Å²) >= 11 is 1.69. The van der Waals surface area contributed by atoms with Gasteiger partial charge in [-0.15, -0.1) is 5.10 Å². The molecule has 0 unspecified atom stereocenters. The van der Waals surface area contributed by atoms with E-state index in [-0.39, 0.29) is 23.6 Å². The van der Waals surface area contributed by atoms with Crippen LogP contribution in [-0.2, 0) is 0 Å². The number of rotatable bonds is 9. The van der Waals surface area contributed by atoms with Gasteiger partial charge in [0, 0.05) is 35.5 Å². The zero-order valence-electron chi connectivity index (χ0n) is 19.8. The summed E-state index contributed by atoms with van der Waals surface area (Å²) in [7, 11) is 0. The average molecular weight is 510 g/mol. The van der Waals surface area contributed by atoms with E-state index >= 15 is 0 Å². The van der Waals surface area contributed by atoms with Gasteiger partial charge < -0.3 is 15.4 Å². The lowest BCUT2D eigenvalue weighted by Gasteiger charge is -2.12. The molecule has 7 nitrogen and oxygen atoms in total. The topological polar surface area (TPSA) is 80.5 Å². The molecule has 1 saturated carbocycles. The van der Waals surface area contributed by atoms with E-state index in [1.807, 2.05) is 25.3 Å². The van der Waals surface area contributed by atoms with Crippen molar-refractivity contribution in [2.45, 2.75) is 25.8 Å². The number of imidazole rings is 1. The predicted molar refractivity (Wildman–Crippen MR) is 137 cm³/mol. The Morgan fingerprint density at radius 1 is 1.22 bits per heavy atom. The standard InChI is InChI=1S/C26H25F2N5O2S/c1-15-12-16(6-9-18(15)26(34)31-17-7-8-17)21-14-30-25-20(29-10-11-36-2)13-23(32-33(21)25)35-22-5-3-4-19(27)24(22)28/h3-6,9,12-14,17,29H,7-8,10-11H2,1-2H3,(H,31,34). The molecule has 1 aliphatic rings. The number of halogens is 2. The molecule has 0 saturated heterocycles. The molecule has 1 amide bonds. The Hall–Kier alpha value is -3.66. The SMILES string of the molecule is CSCCNc1cc(Oc2cccc(F)c2F)nn2c(-c3ccc(C(=O)NC4CC4)c(C)c3)cnc12. The molecule has 5 rings (SSSR count). The number of thioether (sulfide) groups is 1. The number of nitrogens with zero attached hydrogens (tertiary/aromatic N) is 3. The number of aromatic nitrogens is 3. The lowest BCUT2D eigenvalue weighted by atomic mass is 10.0. The fraction of sp³-hybridized carbons (Fsp3) is 0.269. The van der Waals surface area contributed by atoms with Crippen LogP contribution in [0.3, 0.4) is 0 Å². The smallest absolute Gasteiger partial charge is 0.251 e. The minimum Gasteiger partial charge on any atom is -0.434 e. The Morgan fingerprint density at radius 2 is 2.06 bits per heavy atom. The van der Waals surface area contributed by atoms with Gasteiger partial charge in [0.15, 0.2) is 17.2 Å². The molecule has 186 valence electrons. The van der Waals surface area contributed by atoms with Crippen molar-refractivity contribution in [2.75, 3.05) is 23.9 Å². The van der Waals surface area contributed by atoms with E-state index in [0.29, 0.717) is 29.1 Å². The first-order chi connectivity index (χ1) is 17.4. The molecule has 1 fully saturated rings. The molecule has 0 aliphatic heterocycles. The molecule has 2 aromatic heterocycles. The van der Waals surface area contributed by atoms with E-state index in [1.165, 1.54) is 12.1 Å². The highest BCUT2D eigenvalue weighted by molar-refractivity contribution is 7.98.